The van der Waals surface area contributed by atoms with Gasteiger partial charge in [0.15, 0.2) is 5.75 Å². The van der Waals surface area contributed by atoms with Gasteiger partial charge in [0.2, 0.25) is 0 Å². The molecular formula is C14H19Cl2FN2O2. The Morgan fingerprint density at radius 2 is 2.33 bits per heavy atom. The number of hydrogen-bond acceptors (Lipinski definition) is 4. The van der Waals surface area contributed by atoms with Crippen molar-refractivity contribution in [1.82, 2.24) is 5.32 Å². The Hall–Kier alpha value is -0.750. The van der Waals surface area contributed by atoms with Crippen LogP contribution in [-0.4, -0.2) is 45.5 Å². The zero-order valence-corrected chi connectivity index (χ0v) is 13.3. The van der Waals surface area contributed by atoms with E-state index in [9.17, 15) is 4.39 Å². The lowest BCUT2D eigenvalue weighted by atomic mass is 10.1. The molecule has 118 valence electrons. The maximum atomic E-state index is 13.7. The van der Waals surface area contributed by atoms with Gasteiger partial charge < -0.3 is 19.7 Å². The van der Waals surface area contributed by atoms with E-state index < -0.39 is 0 Å². The van der Waals surface area contributed by atoms with Crippen LogP contribution in [0.2, 0.25) is 5.02 Å². The minimum absolute atomic E-state index is 0. The normalized spacial score (nSPS) is 24.2. The van der Waals surface area contributed by atoms with E-state index in [-0.39, 0.29) is 30.4 Å². The third-order valence-electron chi connectivity index (χ3n) is 3.82. The van der Waals surface area contributed by atoms with Gasteiger partial charge in [0.05, 0.1) is 17.3 Å². The van der Waals surface area contributed by atoms with Crippen LogP contribution in [0.5, 0.6) is 5.75 Å². The van der Waals surface area contributed by atoms with Crippen LogP contribution in [0.15, 0.2) is 12.1 Å². The fraction of sp³-hybridized carbons (Fsp3) is 0.571. The van der Waals surface area contributed by atoms with Gasteiger partial charge in [0, 0.05) is 45.3 Å². The summed E-state index contributed by atoms with van der Waals surface area (Å²) in [4.78, 5) is 2.19. The van der Waals surface area contributed by atoms with Gasteiger partial charge in [-0.05, 0) is 6.07 Å². The van der Waals surface area contributed by atoms with Crippen LogP contribution in [0, 0.1) is 5.82 Å². The lowest BCUT2D eigenvalue weighted by Crippen LogP contribution is -2.52. The first-order chi connectivity index (χ1) is 9.69. The van der Waals surface area contributed by atoms with Gasteiger partial charge in [-0.25, -0.2) is 4.39 Å². The van der Waals surface area contributed by atoms with Crippen molar-refractivity contribution in [1.29, 1.82) is 0 Å². The van der Waals surface area contributed by atoms with Gasteiger partial charge in [-0.1, -0.05) is 11.6 Å². The molecule has 0 aromatic heterocycles. The van der Waals surface area contributed by atoms with Crippen molar-refractivity contribution in [2.75, 3.05) is 38.3 Å². The van der Waals surface area contributed by atoms with Gasteiger partial charge >= 0.3 is 0 Å². The molecule has 7 heteroatoms. The predicted octanol–water partition coefficient (Wildman–Crippen LogP) is 2.48. The van der Waals surface area contributed by atoms with Crippen molar-refractivity contribution >= 4 is 29.7 Å². The van der Waals surface area contributed by atoms with Crippen LogP contribution in [0.1, 0.15) is 6.42 Å². The number of fused-ring (bicyclic) bond motifs is 3. The topological polar surface area (TPSA) is 33.7 Å². The molecule has 2 heterocycles. The molecule has 21 heavy (non-hydrogen) atoms. The molecule has 0 spiro atoms. The molecule has 0 saturated carbocycles. The zero-order chi connectivity index (χ0) is 14.1. The van der Waals surface area contributed by atoms with Gasteiger partial charge in [-0.2, -0.15) is 0 Å². The van der Waals surface area contributed by atoms with Crippen molar-refractivity contribution in [2.45, 2.75) is 18.6 Å². The molecule has 1 aromatic carbocycles. The van der Waals surface area contributed by atoms with Gasteiger partial charge in [0.1, 0.15) is 11.9 Å². The van der Waals surface area contributed by atoms with E-state index in [0.717, 1.165) is 31.7 Å². The fourth-order valence-corrected chi connectivity index (χ4v) is 3.22. The number of piperazine rings is 1. The van der Waals surface area contributed by atoms with Crippen molar-refractivity contribution in [3.05, 3.63) is 23.0 Å². The molecule has 1 fully saturated rings. The van der Waals surface area contributed by atoms with Crippen LogP contribution >= 0.6 is 24.0 Å². The summed E-state index contributed by atoms with van der Waals surface area (Å²) in [6, 6.07) is 3.07. The smallest absolute Gasteiger partial charge is 0.161 e. The third-order valence-corrected chi connectivity index (χ3v) is 4.10. The molecule has 0 bridgehead atoms. The molecule has 1 N–H and O–H groups in total. The molecule has 4 nitrogen and oxygen atoms in total. The van der Waals surface area contributed by atoms with E-state index >= 15 is 0 Å². The number of nitrogens with one attached hydrogen (secondary N) is 1. The summed E-state index contributed by atoms with van der Waals surface area (Å²) in [6.45, 7) is 3.05. The van der Waals surface area contributed by atoms with Crippen molar-refractivity contribution < 1.29 is 13.9 Å². The monoisotopic (exact) mass is 336 g/mol. The number of methoxy groups -OCH3 is 1. The first-order valence-corrected chi connectivity index (χ1v) is 7.19. The highest BCUT2D eigenvalue weighted by Crippen LogP contribution is 2.41. The summed E-state index contributed by atoms with van der Waals surface area (Å²) in [5, 5.41) is 3.69. The lowest BCUT2D eigenvalue weighted by molar-refractivity contribution is 0.0746. The number of benzene rings is 1. The Morgan fingerprint density at radius 3 is 3.10 bits per heavy atom. The van der Waals surface area contributed by atoms with Gasteiger partial charge in [-0.3, -0.25) is 0 Å². The standard InChI is InChI=1S/C14H18ClFN2O2.ClH/c1-19-8-11-6-10-7-17-2-3-18(10)13-5-9(16)4-12(15)14(13)20-11;/h4-5,10-11,17H,2-3,6-8H2,1H3;1H/t10-,11+;/m1./s1. The molecule has 3 rings (SSSR count). The van der Waals surface area contributed by atoms with E-state index in [1.54, 1.807) is 7.11 Å². The maximum Gasteiger partial charge on any atom is 0.161 e. The molecule has 2 aliphatic heterocycles. The van der Waals surface area contributed by atoms with E-state index in [4.69, 9.17) is 21.1 Å². The van der Waals surface area contributed by atoms with E-state index in [1.807, 2.05) is 0 Å². The van der Waals surface area contributed by atoms with Crippen LogP contribution < -0.4 is 15.0 Å². The highest BCUT2D eigenvalue weighted by molar-refractivity contribution is 6.32. The Bertz CT molecular complexity index is 504. The second-order valence-corrected chi connectivity index (χ2v) is 5.63. The average Bonchev–Trinajstić information content (AvgIpc) is 2.57. The SMILES string of the molecule is COC[C@@H]1C[C@@H]2CNCCN2c2cc(F)cc(Cl)c2O1.Cl. The number of anilines is 1. The van der Waals surface area contributed by atoms with Gasteiger partial charge in [0.25, 0.3) is 0 Å². The summed E-state index contributed by atoms with van der Waals surface area (Å²) in [6.07, 6.45) is 0.754. The quantitative estimate of drug-likeness (QED) is 0.899. The Labute approximate surface area is 134 Å². The summed E-state index contributed by atoms with van der Waals surface area (Å²) in [7, 11) is 1.65. The molecule has 2 aliphatic rings. The zero-order valence-electron chi connectivity index (χ0n) is 11.8. The largest absolute Gasteiger partial charge is 0.484 e. The minimum Gasteiger partial charge on any atom is -0.484 e. The van der Waals surface area contributed by atoms with Crippen LogP contribution in [0.4, 0.5) is 10.1 Å². The predicted molar refractivity (Wildman–Crippen MR) is 83.6 cm³/mol. The van der Waals surface area contributed by atoms with Crippen LogP contribution in [-0.2, 0) is 4.74 Å². The molecule has 0 radical (unpaired) electrons. The average molecular weight is 337 g/mol. The lowest BCUT2D eigenvalue weighted by Gasteiger charge is -2.37. The third kappa shape index (κ3) is 3.37. The Balaban J connectivity index is 0.00000161. The molecule has 0 amide bonds. The molecule has 1 saturated heterocycles. The molecular weight excluding hydrogens is 318 g/mol. The van der Waals surface area contributed by atoms with Gasteiger partial charge in [-0.15, -0.1) is 12.4 Å². The fourth-order valence-electron chi connectivity index (χ4n) is 2.97. The van der Waals surface area contributed by atoms with E-state index in [2.05, 4.69) is 10.2 Å². The second-order valence-electron chi connectivity index (χ2n) is 5.22. The Morgan fingerprint density at radius 1 is 1.52 bits per heavy atom. The number of hydrogen-bond donors (Lipinski definition) is 1. The van der Waals surface area contributed by atoms with E-state index in [0.29, 0.717) is 17.4 Å². The molecule has 0 unspecified atom stereocenters. The van der Waals surface area contributed by atoms with Crippen molar-refractivity contribution in [3.8, 4) is 5.75 Å². The minimum atomic E-state index is -0.333. The first kappa shape index (κ1) is 16.6. The molecule has 2 atom stereocenters. The Kier molecular flexibility index (Phi) is 5.54. The number of rotatable bonds is 2. The highest BCUT2D eigenvalue weighted by atomic mass is 35.5. The maximum absolute atomic E-state index is 13.7. The number of nitrogens with zero attached hydrogens (tertiary/aromatic N) is 1. The summed E-state index contributed by atoms with van der Waals surface area (Å²) < 4.78 is 24.9. The number of halogens is 3. The molecule has 0 aliphatic carbocycles. The summed E-state index contributed by atoms with van der Waals surface area (Å²) >= 11 is 6.17. The highest BCUT2D eigenvalue weighted by Gasteiger charge is 2.33. The van der Waals surface area contributed by atoms with Crippen LogP contribution in [0.3, 0.4) is 0 Å². The number of ether oxygens (including phenoxy) is 2. The van der Waals surface area contributed by atoms with Crippen molar-refractivity contribution in [2.24, 2.45) is 0 Å². The summed E-state index contributed by atoms with van der Waals surface area (Å²) in [5.74, 6) is 0.236. The summed E-state index contributed by atoms with van der Waals surface area (Å²) in [5.41, 5.74) is 0.750. The van der Waals surface area contributed by atoms with E-state index in [1.165, 1.54) is 12.1 Å². The second kappa shape index (κ2) is 7.01. The van der Waals surface area contributed by atoms with Crippen LogP contribution in [0.25, 0.3) is 0 Å². The van der Waals surface area contributed by atoms with Crippen molar-refractivity contribution in [3.63, 3.8) is 0 Å². The molecule has 1 aromatic rings. The first-order valence-electron chi connectivity index (χ1n) is 6.81.